The number of amides is 5. The fourth-order valence-corrected chi connectivity index (χ4v) is 13.7. The smallest absolute Gasteiger partial charge is 0.416 e. The van der Waals surface area contributed by atoms with E-state index in [2.05, 4.69) is 32.6 Å². The Balaban J connectivity index is 0.604. The normalized spacial score (nSPS) is 18.2. The van der Waals surface area contributed by atoms with Crippen molar-refractivity contribution in [2.75, 3.05) is 115 Å². The number of piperidine rings is 2. The second-order valence-corrected chi connectivity index (χ2v) is 25.9. The van der Waals surface area contributed by atoms with E-state index >= 15 is 0 Å². The molecule has 2 N–H and O–H groups in total. The third-order valence-corrected chi connectivity index (χ3v) is 19.6. The van der Waals surface area contributed by atoms with Crippen LogP contribution in [0, 0.1) is 5.82 Å². The molecule has 0 bridgehead atoms. The third-order valence-electron chi connectivity index (χ3n) is 19.6. The van der Waals surface area contributed by atoms with Gasteiger partial charge < -0.3 is 48.9 Å². The summed E-state index contributed by atoms with van der Waals surface area (Å²) in [7, 11) is 5.28. The average molecular weight is 1350 g/mol. The molecule has 6 aromatic rings. The van der Waals surface area contributed by atoms with Gasteiger partial charge in [-0.05, 0) is 154 Å². The number of hydrogen-bond donors (Lipinski definition) is 2. The van der Waals surface area contributed by atoms with E-state index in [-0.39, 0.29) is 62.0 Å². The van der Waals surface area contributed by atoms with Crippen LogP contribution in [0.2, 0.25) is 0 Å². The summed E-state index contributed by atoms with van der Waals surface area (Å²) in [5.74, 6) is -1.80. The molecule has 0 saturated carbocycles. The number of alkyl halides is 6. The Kier molecular flexibility index (Phi) is 23.5. The Morgan fingerprint density at radius 3 is 2.00 bits per heavy atom. The molecule has 3 fully saturated rings. The summed E-state index contributed by atoms with van der Waals surface area (Å²) in [6, 6.07) is 39.6. The van der Waals surface area contributed by atoms with Crippen molar-refractivity contribution in [1.29, 1.82) is 0 Å². The van der Waals surface area contributed by atoms with E-state index < -0.39 is 64.6 Å². The number of nitrogens with one attached hydrogen (secondary N) is 2. The molecule has 16 nitrogen and oxygen atoms in total. The number of likely N-dealkylation sites (N-methyl/N-ethyl adjacent to an activating group) is 2. The zero-order valence-electron chi connectivity index (χ0n) is 55.1. The number of benzene rings is 6. The van der Waals surface area contributed by atoms with Gasteiger partial charge in [0.1, 0.15) is 30.9 Å². The molecule has 10 rings (SSSR count). The number of fused-ring (bicyclic) bond motifs is 2. The Labute approximate surface area is 562 Å². The summed E-state index contributed by atoms with van der Waals surface area (Å²) in [6.45, 7) is 4.85. The van der Waals surface area contributed by atoms with Crippen molar-refractivity contribution < 1.29 is 68.9 Å². The maximum Gasteiger partial charge on any atom is 0.416 e. The lowest BCUT2D eigenvalue weighted by molar-refractivity contribution is -0.143. The SMILES string of the molecule is CN(CCN1CCC(OC(=O)Nc2ccccc2-c2ccccc2)CC1)C(=O)CCCCCNc1ccc(N(C)C(=O)CCCN(C)C(=O)CO[C@H]2Cc3ccccc3C23CCN(CC[C@]2(c4ccc(F)cc4)CN(C(=O)c4cc(C(F)(F)F)cc(C(F)(F)F)c4)CO2)CC3)cc1. The van der Waals surface area contributed by atoms with Crippen molar-refractivity contribution in [3.8, 4) is 11.1 Å². The number of anilines is 3. The van der Waals surface area contributed by atoms with Crippen LogP contribution in [0.25, 0.3) is 11.1 Å². The first-order valence-corrected chi connectivity index (χ1v) is 33.3. The largest absolute Gasteiger partial charge is 0.446 e. The predicted molar refractivity (Wildman–Crippen MR) is 356 cm³/mol. The number of likely N-dealkylation sites (tertiary alicyclic amines) is 2. The van der Waals surface area contributed by atoms with Gasteiger partial charge in [0.2, 0.25) is 17.7 Å². The van der Waals surface area contributed by atoms with E-state index in [1.54, 1.807) is 28.8 Å². The van der Waals surface area contributed by atoms with Crippen LogP contribution in [0.5, 0.6) is 0 Å². The van der Waals surface area contributed by atoms with Crippen molar-refractivity contribution in [3.63, 3.8) is 0 Å². The Morgan fingerprint density at radius 2 is 1.30 bits per heavy atom. The highest BCUT2D eigenvalue weighted by atomic mass is 19.4. The summed E-state index contributed by atoms with van der Waals surface area (Å²) in [6.07, 6.45) is -3.89. The lowest BCUT2D eigenvalue weighted by Crippen LogP contribution is -2.50. The zero-order chi connectivity index (χ0) is 68.9. The molecule has 6 aromatic carbocycles. The number of unbranched alkanes of at least 4 members (excludes halogenated alkanes) is 2. The van der Waals surface area contributed by atoms with Crippen LogP contribution in [0.4, 0.5) is 52.6 Å². The maximum atomic E-state index is 14.2. The predicted octanol–water partition coefficient (Wildman–Crippen LogP) is 13.3. The molecule has 3 heterocycles. The first-order valence-electron chi connectivity index (χ1n) is 33.3. The van der Waals surface area contributed by atoms with Gasteiger partial charge in [-0.1, -0.05) is 91.3 Å². The van der Waals surface area contributed by atoms with Crippen LogP contribution in [0.15, 0.2) is 146 Å². The number of ether oxygens (including phenoxy) is 3. The summed E-state index contributed by atoms with van der Waals surface area (Å²) in [5.41, 5.74) is 1.39. The van der Waals surface area contributed by atoms with Gasteiger partial charge in [-0.3, -0.25) is 24.5 Å². The first kappa shape index (κ1) is 71.4. The zero-order valence-corrected chi connectivity index (χ0v) is 55.1. The molecule has 0 radical (unpaired) electrons. The van der Waals surface area contributed by atoms with E-state index in [0.717, 1.165) is 96.8 Å². The highest BCUT2D eigenvalue weighted by Gasteiger charge is 2.50. The molecule has 1 spiro atoms. The quantitative estimate of drug-likeness (QED) is 0.0394. The minimum atomic E-state index is -5.15. The lowest BCUT2D eigenvalue weighted by atomic mass is 9.72. The van der Waals surface area contributed by atoms with Crippen molar-refractivity contribution in [1.82, 2.24) is 24.5 Å². The molecule has 97 heavy (non-hydrogen) atoms. The number of carbonyl (C=O) groups is 5. The van der Waals surface area contributed by atoms with Gasteiger partial charge >= 0.3 is 18.4 Å². The van der Waals surface area contributed by atoms with Gasteiger partial charge in [0.15, 0.2) is 0 Å². The molecule has 23 heteroatoms. The second kappa shape index (κ2) is 31.9. The molecule has 2 atom stereocenters. The standard InChI is InChI=1S/C74H85F7N8O8/c1-84(37-14-22-67(91)86(3)60-29-27-59(28-30-60)82-36-13-5-8-21-66(90)85(2)43-44-87-38-31-61(32-39-87)97-70(94)83-64-20-12-10-18-62(64)52-15-6-4-7-16-52)68(92)49-95-65-47-53-17-9-11-19-63(53)71(65)33-40-88(41-34-71)42-35-72(55-23-25-58(75)26-24-55)50-89(51-96-72)69(93)54-45-56(73(76,77)78)48-57(46-54)74(79,80)81/h4,6-7,9-12,15-20,23-30,45-46,48,61,65,82H,5,8,13-14,21-22,31-44,47,49-51H2,1-3H3,(H,83,94)/t65-,72+/m0/s1. The van der Waals surface area contributed by atoms with Crippen molar-refractivity contribution in [3.05, 3.63) is 185 Å². The second-order valence-electron chi connectivity index (χ2n) is 25.9. The highest BCUT2D eigenvalue weighted by molar-refractivity contribution is 5.95. The number of halogens is 7. The number of para-hydroxylation sites is 1. The summed E-state index contributed by atoms with van der Waals surface area (Å²) >= 11 is 0. The van der Waals surface area contributed by atoms with Gasteiger partial charge in [-0.25, -0.2) is 9.18 Å². The van der Waals surface area contributed by atoms with Crippen LogP contribution >= 0.6 is 0 Å². The minimum Gasteiger partial charge on any atom is -0.446 e. The van der Waals surface area contributed by atoms with Crippen LogP contribution in [-0.2, 0) is 58.4 Å². The minimum absolute atomic E-state index is 0.0292. The van der Waals surface area contributed by atoms with Crippen molar-refractivity contribution in [2.24, 2.45) is 0 Å². The molecule has 0 aromatic heterocycles. The number of nitrogens with zero attached hydrogens (tertiary/aromatic N) is 6. The van der Waals surface area contributed by atoms with E-state index in [9.17, 15) is 54.7 Å². The molecular formula is C74H85F7N8O8. The van der Waals surface area contributed by atoms with Crippen LogP contribution < -0.4 is 15.5 Å². The number of hydrogen-bond acceptors (Lipinski definition) is 11. The van der Waals surface area contributed by atoms with Gasteiger partial charge in [0.05, 0.1) is 29.5 Å². The van der Waals surface area contributed by atoms with Gasteiger partial charge in [0, 0.05) is 108 Å². The average Bonchev–Trinajstić information content (AvgIpc) is 1.61. The fraction of sp³-hybridized carbons (Fsp3) is 0.446. The highest BCUT2D eigenvalue weighted by Crippen LogP contribution is 2.49. The van der Waals surface area contributed by atoms with Crippen LogP contribution in [-0.4, -0.2) is 166 Å². The molecule has 4 aliphatic rings. The van der Waals surface area contributed by atoms with Crippen molar-refractivity contribution >= 4 is 46.8 Å². The third kappa shape index (κ3) is 18.2. The van der Waals surface area contributed by atoms with Gasteiger partial charge in [-0.2, -0.15) is 26.3 Å². The molecule has 518 valence electrons. The van der Waals surface area contributed by atoms with E-state index in [4.69, 9.17) is 14.2 Å². The molecule has 3 aliphatic heterocycles. The Morgan fingerprint density at radius 1 is 0.660 bits per heavy atom. The number of rotatable bonds is 26. The van der Waals surface area contributed by atoms with Crippen molar-refractivity contribution in [2.45, 2.75) is 113 Å². The molecule has 3 saturated heterocycles. The van der Waals surface area contributed by atoms with E-state index in [0.29, 0.717) is 88.2 Å². The molecule has 0 unspecified atom stereocenters. The van der Waals surface area contributed by atoms with Crippen LogP contribution in [0.1, 0.15) is 109 Å². The lowest BCUT2D eigenvalue weighted by Gasteiger charge is -2.44. The Hall–Kier alpha value is -8.38. The molecule has 1 aliphatic carbocycles. The number of carbonyl (C=O) groups excluding carboxylic acids is 5. The van der Waals surface area contributed by atoms with E-state index in [1.165, 1.54) is 24.3 Å². The monoisotopic (exact) mass is 1350 g/mol. The van der Waals surface area contributed by atoms with Crippen LogP contribution in [0.3, 0.4) is 0 Å². The van der Waals surface area contributed by atoms with E-state index in [1.807, 2.05) is 98.0 Å². The summed E-state index contributed by atoms with van der Waals surface area (Å²) in [5, 5.41) is 6.37. The van der Waals surface area contributed by atoms with Gasteiger partial charge in [0.25, 0.3) is 5.91 Å². The van der Waals surface area contributed by atoms with Gasteiger partial charge in [-0.15, -0.1) is 0 Å². The molecule has 5 amide bonds. The Bertz CT molecular complexity index is 3630. The summed E-state index contributed by atoms with van der Waals surface area (Å²) < 4.78 is 116. The molecular weight excluding hydrogens is 1260 g/mol. The summed E-state index contributed by atoms with van der Waals surface area (Å²) in [4.78, 5) is 77.2. The fourth-order valence-electron chi connectivity index (χ4n) is 13.7. The maximum absolute atomic E-state index is 14.2. The topological polar surface area (TPSA) is 157 Å². The first-order chi connectivity index (χ1) is 46.5.